The highest BCUT2D eigenvalue weighted by molar-refractivity contribution is 4.69. The largest absolute Gasteiger partial charge is 0.323 e. The number of hydrogen-bond acceptors (Lipinski definition) is 2. The van der Waals surface area contributed by atoms with Gasteiger partial charge in [0, 0.05) is 6.54 Å². The van der Waals surface area contributed by atoms with Crippen LogP contribution in [0.4, 0.5) is 0 Å². The highest BCUT2D eigenvalue weighted by Crippen LogP contribution is 2.12. The molecule has 2 heteroatoms. The first-order valence-corrected chi connectivity index (χ1v) is 10.2. The van der Waals surface area contributed by atoms with Crippen LogP contribution in [0.2, 0.25) is 0 Å². The fourth-order valence-electron chi connectivity index (χ4n) is 2.65. The molecule has 0 atom stereocenters. The zero-order valence-electron chi connectivity index (χ0n) is 16.6. The third-order valence-electron chi connectivity index (χ3n) is 4.00. The van der Waals surface area contributed by atoms with Crippen molar-refractivity contribution in [1.82, 2.24) is 10.6 Å². The van der Waals surface area contributed by atoms with E-state index in [-0.39, 0.29) is 0 Å². The molecule has 0 saturated carbocycles. The maximum Gasteiger partial charge on any atom is 0.0132 e. The molecule has 0 aromatic rings. The summed E-state index contributed by atoms with van der Waals surface area (Å²) in [5, 5.41) is 6.11. The lowest BCUT2D eigenvalue weighted by Gasteiger charge is -2.03. The van der Waals surface area contributed by atoms with E-state index in [0.29, 0.717) is 0 Å². The van der Waals surface area contributed by atoms with Crippen molar-refractivity contribution in [3.63, 3.8) is 0 Å². The van der Waals surface area contributed by atoms with Gasteiger partial charge in [-0.25, -0.2) is 0 Å². The van der Waals surface area contributed by atoms with E-state index in [0.717, 1.165) is 13.1 Å². The average Bonchev–Trinajstić information content (AvgIpc) is 2.55. The summed E-state index contributed by atoms with van der Waals surface area (Å²) in [5.74, 6) is 0. The third-order valence-corrected chi connectivity index (χ3v) is 4.00. The van der Waals surface area contributed by atoms with E-state index in [9.17, 15) is 0 Å². The standard InChI is InChI=1S/C19H39N.C2H7N/c1-3-5-6-7-8-9-10-11-12-13-14-15-16-17-19-20-18-4-2;1-3-2/h4,20H,2-3,5-19H2,1H3;3H,1-2H3. The van der Waals surface area contributed by atoms with Gasteiger partial charge in [0.2, 0.25) is 0 Å². The molecular formula is C21H46N2. The molecule has 0 aliphatic carbocycles. The van der Waals surface area contributed by atoms with Gasteiger partial charge >= 0.3 is 0 Å². The van der Waals surface area contributed by atoms with Gasteiger partial charge in [-0.1, -0.05) is 96.5 Å². The van der Waals surface area contributed by atoms with Crippen molar-refractivity contribution in [1.29, 1.82) is 0 Å². The molecule has 2 N–H and O–H groups in total. The topological polar surface area (TPSA) is 24.1 Å². The summed E-state index contributed by atoms with van der Waals surface area (Å²) in [5.41, 5.74) is 0. The van der Waals surface area contributed by atoms with Gasteiger partial charge in [-0.3, -0.25) is 0 Å². The zero-order chi connectivity index (χ0) is 17.4. The maximum absolute atomic E-state index is 3.71. The van der Waals surface area contributed by atoms with Gasteiger partial charge in [-0.05, 0) is 27.1 Å². The first-order valence-electron chi connectivity index (χ1n) is 10.2. The predicted octanol–water partition coefficient (Wildman–Crippen LogP) is 6.08. The van der Waals surface area contributed by atoms with Gasteiger partial charge in [0.25, 0.3) is 0 Å². The summed E-state index contributed by atoms with van der Waals surface area (Å²) >= 11 is 0. The van der Waals surface area contributed by atoms with Crippen LogP contribution in [-0.4, -0.2) is 27.2 Å². The quantitative estimate of drug-likeness (QED) is 0.250. The van der Waals surface area contributed by atoms with Crippen molar-refractivity contribution in [3.05, 3.63) is 12.7 Å². The second kappa shape index (κ2) is 26.6. The van der Waals surface area contributed by atoms with Crippen LogP contribution in [0.15, 0.2) is 12.7 Å². The fourth-order valence-corrected chi connectivity index (χ4v) is 2.65. The Hall–Kier alpha value is -0.340. The Morgan fingerprint density at radius 2 is 1.00 bits per heavy atom. The van der Waals surface area contributed by atoms with E-state index >= 15 is 0 Å². The van der Waals surface area contributed by atoms with Crippen LogP contribution in [0.25, 0.3) is 0 Å². The highest BCUT2D eigenvalue weighted by atomic mass is 14.8. The lowest BCUT2D eigenvalue weighted by molar-refractivity contribution is 0.532. The molecule has 0 aliphatic rings. The van der Waals surface area contributed by atoms with Crippen molar-refractivity contribution >= 4 is 0 Å². The van der Waals surface area contributed by atoms with E-state index in [4.69, 9.17) is 0 Å². The second-order valence-corrected chi connectivity index (χ2v) is 6.59. The number of rotatable bonds is 17. The highest BCUT2D eigenvalue weighted by Gasteiger charge is 1.93. The zero-order valence-corrected chi connectivity index (χ0v) is 16.6. The van der Waals surface area contributed by atoms with Crippen LogP contribution in [0, 0.1) is 0 Å². The summed E-state index contributed by atoms with van der Waals surface area (Å²) in [7, 11) is 3.75. The van der Waals surface area contributed by atoms with Crippen molar-refractivity contribution in [2.75, 3.05) is 27.2 Å². The smallest absolute Gasteiger partial charge is 0.0132 e. The van der Waals surface area contributed by atoms with Crippen LogP contribution in [-0.2, 0) is 0 Å². The van der Waals surface area contributed by atoms with Gasteiger partial charge < -0.3 is 10.6 Å². The summed E-state index contributed by atoms with van der Waals surface area (Å²) in [6.07, 6.45) is 22.0. The molecule has 0 heterocycles. The SMILES string of the molecule is C=CCNCCCCCCCCCCCCCCCC.CNC. The van der Waals surface area contributed by atoms with Gasteiger partial charge in [-0.15, -0.1) is 6.58 Å². The molecule has 0 amide bonds. The van der Waals surface area contributed by atoms with Crippen LogP contribution in [0.5, 0.6) is 0 Å². The first-order chi connectivity index (χ1) is 11.3. The monoisotopic (exact) mass is 326 g/mol. The van der Waals surface area contributed by atoms with Crippen LogP contribution in [0.3, 0.4) is 0 Å². The average molecular weight is 327 g/mol. The fraction of sp³-hybridized carbons (Fsp3) is 0.905. The second-order valence-electron chi connectivity index (χ2n) is 6.59. The third kappa shape index (κ3) is 30.2. The van der Waals surface area contributed by atoms with Gasteiger partial charge in [0.1, 0.15) is 0 Å². The Morgan fingerprint density at radius 1 is 0.652 bits per heavy atom. The first kappa shape index (κ1) is 24.9. The molecule has 2 nitrogen and oxygen atoms in total. The molecule has 0 unspecified atom stereocenters. The summed E-state index contributed by atoms with van der Waals surface area (Å²) in [6, 6.07) is 0. The summed E-state index contributed by atoms with van der Waals surface area (Å²) in [6.45, 7) is 8.11. The van der Waals surface area contributed by atoms with E-state index in [1.54, 1.807) is 0 Å². The molecule has 23 heavy (non-hydrogen) atoms. The molecule has 0 aromatic heterocycles. The molecule has 140 valence electrons. The number of nitrogens with one attached hydrogen (secondary N) is 2. The van der Waals surface area contributed by atoms with Crippen molar-refractivity contribution in [3.8, 4) is 0 Å². The van der Waals surface area contributed by atoms with E-state index < -0.39 is 0 Å². The van der Waals surface area contributed by atoms with Crippen LogP contribution >= 0.6 is 0 Å². The molecule has 0 aromatic carbocycles. The lowest BCUT2D eigenvalue weighted by atomic mass is 10.0. The molecule has 0 bridgehead atoms. The van der Waals surface area contributed by atoms with Gasteiger partial charge in [-0.2, -0.15) is 0 Å². The molecule has 0 spiro atoms. The van der Waals surface area contributed by atoms with Gasteiger partial charge in [0.15, 0.2) is 0 Å². The van der Waals surface area contributed by atoms with Crippen molar-refractivity contribution in [2.24, 2.45) is 0 Å². The van der Waals surface area contributed by atoms with Crippen LogP contribution < -0.4 is 10.6 Å². The molecule has 0 aliphatic heterocycles. The van der Waals surface area contributed by atoms with E-state index in [1.807, 2.05) is 20.2 Å². The minimum atomic E-state index is 0.957. The maximum atomic E-state index is 3.71. The minimum Gasteiger partial charge on any atom is -0.323 e. The Balaban J connectivity index is 0. The van der Waals surface area contributed by atoms with E-state index in [1.165, 1.54) is 89.9 Å². The normalized spacial score (nSPS) is 10.2. The predicted molar refractivity (Wildman–Crippen MR) is 108 cm³/mol. The molecule has 0 saturated heterocycles. The molecule has 0 radical (unpaired) electrons. The molecule has 0 fully saturated rings. The summed E-state index contributed by atoms with van der Waals surface area (Å²) in [4.78, 5) is 0. The van der Waals surface area contributed by atoms with Crippen molar-refractivity contribution in [2.45, 2.75) is 96.8 Å². The summed E-state index contributed by atoms with van der Waals surface area (Å²) < 4.78 is 0. The van der Waals surface area contributed by atoms with Crippen molar-refractivity contribution < 1.29 is 0 Å². The van der Waals surface area contributed by atoms with Gasteiger partial charge in [0.05, 0.1) is 0 Å². The molecular weight excluding hydrogens is 280 g/mol. The Bertz CT molecular complexity index is 192. The Morgan fingerprint density at radius 3 is 1.35 bits per heavy atom. The number of unbranched alkanes of at least 4 members (excludes halogenated alkanes) is 13. The molecule has 0 rings (SSSR count). The Kier molecular flexibility index (Phi) is 28.8. The minimum absolute atomic E-state index is 0.957. The number of hydrogen-bond donors (Lipinski definition) is 2. The van der Waals surface area contributed by atoms with E-state index in [2.05, 4.69) is 24.1 Å². The Labute approximate surface area is 147 Å². The van der Waals surface area contributed by atoms with Crippen LogP contribution in [0.1, 0.15) is 96.8 Å². The lowest BCUT2D eigenvalue weighted by Crippen LogP contribution is -2.14.